The maximum absolute atomic E-state index is 9.62. The number of hydrogen-bond donors (Lipinski definition) is 4. The van der Waals surface area contributed by atoms with Crippen molar-refractivity contribution in [1.82, 2.24) is 5.43 Å². The van der Waals surface area contributed by atoms with Crippen LogP contribution in [0.2, 0.25) is 10.0 Å². The molecule has 9 heteroatoms. The highest BCUT2D eigenvalue weighted by Gasteiger charge is 1.99. The molecule has 0 radical (unpaired) electrons. The van der Waals surface area contributed by atoms with Crippen LogP contribution in [0.15, 0.2) is 51.7 Å². The Morgan fingerprint density at radius 3 is 2.08 bits per heavy atom. The molecule has 0 bridgehead atoms. The maximum atomic E-state index is 9.62. The fraction of sp³-hybridized carbons (Fsp3) is 0. The fourth-order valence-electron chi connectivity index (χ4n) is 1.60. The predicted octanol–water partition coefficient (Wildman–Crippen LogP) is 2.68. The van der Waals surface area contributed by atoms with Gasteiger partial charge in [-0.15, -0.1) is 5.10 Å². The van der Waals surface area contributed by atoms with Gasteiger partial charge in [0.2, 0.25) is 5.96 Å². The molecule has 0 aliphatic heterocycles. The van der Waals surface area contributed by atoms with Gasteiger partial charge in [0.15, 0.2) is 0 Å². The topological polar surface area (TPSA) is 116 Å². The summed E-state index contributed by atoms with van der Waals surface area (Å²) in [7, 11) is 0. The van der Waals surface area contributed by atoms with Gasteiger partial charge in [0, 0.05) is 21.2 Å². The number of benzene rings is 2. The lowest BCUT2D eigenvalue weighted by Crippen LogP contribution is -2.26. The summed E-state index contributed by atoms with van der Waals surface area (Å²) in [6, 6.07) is 9.06. The highest BCUT2D eigenvalue weighted by Crippen LogP contribution is 2.20. The lowest BCUT2D eigenvalue weighted by molar-refractivity contribution is 0.474. The zero-order valence-corrected chi connectivity index (χ0v) is 13.7. The monoisotopic (exact) mass is 365 g/mol. The van der Waals surface area contributed by atoms with E-state index in [1.807, 2.05) is 0 Å². The van der Waals surface area contributed by atoms with Crippen molar-refractivity contribution in [3.63, 3.8) is 0 Å². The van der Waals surface area contributed by atoms with Crippen molar-refractivity contribution in [2.45, 2.75) is 0 Å². The number of halogens is 2. The molecule has 2 rings (SSSR count). The summed E-state index contributed by atoms with van der Waals surface area (Å²) in [5.74, 6) is -0.0558. The zero-order valence-electron chi connectivity index (χ0n) is 12.2. The second-order valence-corrected chi connectivity index (χ2v) is 5.38. The Bertz CT molecular complexity index is 822. The van der Waals surface area contributed by atoms with E-state index in [2.05, 4.69) is 20.7 Å². The number of hydrogen-bond acceptors (Lipinski definition) is 5. The third-order valence-electron chi connectivity index (χ3n) is 2.72. The Labute approximate surface area is 147 Å². The van der Waals surface area contributed by atoms with Crippen LogP contribution in [-0.2, 0) is 0 Å². The van der Waals surface area contributed by atoms with Gasteiger partial charge in [-0.1, -0.05) is 23.2 Å². The smallest absolute Gasteiger partial charge is 0.234 e. The second kappa shape index (κ2) is 8.19. The molecule has 5 N–H and O–H groups in total. The van der Waals surface area contributed by atoms with E-state index in [-0.39, 0.29) is 17.5 Å². The number of guanidine groups is 1. The van der Waals surface area contributed by atoms with Gasteiger partial charge in [-0.3, -0.25) is 0 Å². The van der Waals surface area contributed by atoms with Gasteiger partial charge >= 0.3 is 0 Å². The minimum absolute atomic E-state index is 0.0133. The van der Waals surface area contributed by atoms with Crippen molar-refractivity contribution in [2.24, 2.45) is 21.0 Å². The van der Waals surface area contributed by atoms with E-state index < -0.39 is 0 Å². The molecule has 0 fully saturated rings. The van der Waals surface area contributed by atoms with Crippen molar-refractivity contribution in [2.75, 3.05) is 0 Å². The van der Waals surface area contributed by atoms with E-state index in [1.165, 1.54) is 36.7 Å². The van der Waals surface area contributed by atoms with Crippen LogP contribution in [0, 0.1) is 0 Å². The first kappa shape index (κ1) is 17.6. The van der Waals surface area contributed by atoms with Crippen molar-refractivity contribution in [3.05, 3.63) is 57.6 Å². The van der Waals surface area contributed by atoms with Gasteiger partial charge in [-0.2, -0.15) is 10.2 Å². The number of nitrogens with one attached hydrogen (secondary N) is 1. The summed E-state index contributed by atoms with van der Waals surface area (Å²) < 4.78 is 0. The highest BCUT2D eigenvalue weighted by molar-refractivity contribution is 6.31. The molecule has 0 aromatic heterocycles. The number of rotatable bonds is 4. The van der Waals surface area contributed by atoms with Crippen LogP contribution in [0.1, 0.15) is 11.1 Å². The van der Waals surface area contributed by atoms with Crippen LogP contribution in [0.25, 0.3) is 0 Å². The molecule has 0 unspecified atom stereocenters. The summed E-state index contributed by atoms with van der Waals surface area (Å²) in [4.78, 5) is 0. The minimum atomic E-state index is -0.0921. The Morgan fingerprint density at radius 2 is 1.50 bits per heavy atom. The van der Waals surface area contributed by atoms with Crippen molar-refractivity contribution in [1.29, 1.82) is 0 Å². The van der Waals surface area contributed by atoms with Crippen LogP contribution in [0.5, 0.6) is 11.5 Å². The van der Waals surface area contributed by atoms with E-state index >= 15 is 0 Å². The first-order chi connectivity index (χ1) is 11.5. The zero-order chi connectivity index (χ0) is 17.5. The fourth-order valence-corrected chi connectivity index (χ4v) is 1.96. The van der Waals surface area contributed by atoms with Gasteiger partial charge in [0.25, 0.3) is 0 Å². The molecule has 0 saturated carbocycles. The molecule has 0 heterocycles. The number of aromatic hydroxyl groups is 2. The van der Waals surface area contributed by atoms with E-state index in [9.17, 15) is 10.2 Å². The number of nitrogens with two attached hydrogens (primary N) is 1. The summed E-state index contributed by atoms with van der Waals surface area (Å²) >= 11 is 11.6. The molecular weight excluding hydrogens is 353 g/mol. The number of phenolic OH excluding ortho intramolecular Hbond substituents is 2. The third kappa shape index (κ3) is 5.15. The molecule has 2 aromatic carbocycles. The lowest BCUT2D eigenvalue weighted by Gasteiger charge is -2.00. The standard InChI is InChI=1S/C15H13Cl2N5O2/c16-11-1-3-13(23)9(5-11)7-19-21-15(18)22-20-8-10-6-12(17)2-4-14(10)24/h1-8,23-24H,(H3,18,21,22). The first-order valence-electron chi connectivity index (χ1n) is 6.58. The second-order valence-electron chi connectivity index (χ2n) is 4.51. The average Bonchev–Trinajstić information content (AvgIpc) is 2.54. The van der Waals surface area contributed by atoms with Crippen molar-refractivity contribution >= 4 is 41.6 Å². The quantitative estimate of drug-likeness (QED) is 0.378. The Kier molecular flexibility index (Phi) is 6.00. The molecule has 7 nitrogen and oxygen atoms in total. The first-order valence-corrected chi connectivity index (χ1v) is 7.34. The number of nitrogens with zero attached hydrogens (tertiary/aromatic N) is 3. The summed E-state index contributed by atoms with van der Waals surface area (Å²) in [6.45, 7) is 0. The molecule has 24 heavy (non-hydrogen) atoms. The molecule has 0 aliphatic rings. The van der Waals surface area contributed by atoms with Crippen LogP contribution < -0.4 is 11.2 Å². The van der Waals surface area contributed by atoms with E-state index in [4.69, 9.17) is 28.9 Å². The van der Waals surface area contributed by atoms with Crippen LogP contribution in [0.4, 0.5) is 0 Å². The SMILES string of the molecule is NC(=NN=Cc1cc(Cl)ccc1O)NN=Cc1cc(Cl)ccc1O. The van der Waals surface area contributed by atoms with Crippen molar-refractivity contribution < 1.29 is 10.2 Å². The van der Waals surface area contributed by atoms with Crippen molar-refractivity contribution in [3.8, 4) is 11.5 Å². The molecule has 2 aromatic rings. The van der Waals surface area contributed by atoms with Gasteiger partial charge in [0.05, 0.1) is 12.4 Å². The Hall–Kier alpha value is -2.77. The minimum Gasteiger partial charge on any atom is -0.507 e. The summed E-state index contributed by atoms with van der Waals surface area (Å²) in [5, 5.41) is 31.3. The van der Waals surface area contributed by atoms with Gasteiger partial charge in [-0.25, -0.2) is 5.43 Å². The van der Waals surface area contributed by atoms with E-state index in [0.717, 1.165) is 0 Å². The van der Waals surface area contributed by atoms with Crippen LogP contribution >= 0.6 is 23.2 Å². The number of hydrazone groups is 1. The van der Waals surface area contributed by atoms with Crippen LogP contribution in [0.3, 0.4) is 0 Å². The molecule has 0 atom stereocenters. The molecule has 0 amide bonds. The third-order valence-corrected chi connectivity index (χ3v) is 3.19. The van der Waals surface area contributed by atoms with Gasteiger partial charge < -0.3 is 15.9 Å². The van der Waals surface area contributed by atoms with Crippen LogP contribution in [-0.4, -0.2) is 28.6 Å². The molecule has 0 spiro atoms. The Balaban J connectivity index is 1.99. The van der Waals surface area contributed by atoms with Gasteiger partial charge in [-0.05, 0) is 36.4 Å². The normalized spacial score (nSPS) is 12.2. The van der Waals surface area contributed by atoms with E-state index in [1.54, 1.807) is 12.1 Å². The summed E-state index contributed by atoms with van der Waals surface area (Å²) in [5.41, 5.74) is 8.81. The predicted molar refractivity (Wildman–Crippen MR) is 96.2 cm³/mol. The molecule has 0 saturated heterocycles. The number of phenols is 2. The molecular formula is C15H13Cl2N5O2. The average molecular weight is 366 g/mol. The molecule has 124 valence electrons. The lowest BCUT2D eigenvalue weighted by atomic mass is 10.2. The van der Waals surface area contributed by atoms with Gasteiger partial charge in [0.1, 0.15) is 11.5 Å². The summed E-state index contributed by atoms with van der Waals surface area (Å²) in [6.07, 6.45) is 2.62. The molecule has 0 aliphatic carbocycles. The largest absolute Gasteiger partial charge is 0.507 e. The highest BCUT2D eigenvalue weighted by atomic mass is 35.5. The Morgan fingerprint density at radius 1 is 0.958 bits per heavy atom. The maximum Gasteiger partial charge on any atom is 0.234 e. The van der Waals surface area contributed by atoms with E-state index in [0.29, 0.717) is 21.2 Å².